The number of hydrogen-bond acceptors (Lipinski definition) is 3. The van der Waals surface area contributed by atoms with Crippen molar-refractivity contribution in [3.63, 3.8) is 0 Å². The van der Waals surface area contributed by atoms with Crippen LogP contribution in [0.15, 0.2) is 42.5 Å². The summed E-state index contributed by atoms with van der Waals surface area (Å²) in [5.74, 6) is -0.202. The van der Waals surface area contributed by atoms with Gasteiger partial charge in [-0.15, -0.1) is 0 Å². The van der Waals surface area contributed by atoms with Crippen LogP contribution in [0, 0.1) is 13.8 Å². The Morgan fingerprint density at radius 1 is 0.875 bits per heavy atom. The highest BCUT2D eigenvalue weighted by atomic mass is 16.2. The first-order chi connectivity index (χ1) is 11.5. The molecule has 0 radical (unpaired) electrons. The Balaban J connectivity index is 1.95. The number of aryl methyl sites for hydroxylation is 2. The Bertz CT molecular complexity index is 721. The van der Waals surface area contributed by atoms with Crippen LogP contribution in [0.3, 0.4) is 0 Å². The van der Waals surface area contributed by atoms with E-state index in [9.17, 15) is 9.59 Å². The molecule has 2 amide bonds. The van der Waals surface area contributed by atoms with Crippen LogP contribution in [0.25, 0.3) is 0 Å². The van der Waals surface area contributed by atoms with Gasteiger partial charge in [-0.05, 0) is 43.2 Å². The standard InChI is InChI=1S/C19H23N3O2/c1-4-17(23)21-15-9-6-10-16(11-15)22-18(24)12-20-19-13(2)7-5-8-14(19)3/h5-11,20H,4,12H2,1-3H3,(H,21,23)(H,22,24). The Morgan fingerprint density at radius 3 is 2.00 bits per heavy atom. The van der Waals surface area contributed by atoms with E-state index >= 15 is 0 Å². The molecule has 5 heteroatoms. The summed E-state index contributed by atoms with van der Waals surface area (Å²) in [6, 6.07) is 13.1. The molecule has 0 unspecified atom stereocenters. The second kappa shape index (κ2) is 8.15. The van der Waals surface area contributed by atoms with Crippen molar-refractivity contribution >= 4 is 28.9 Å². The van der Waals surface area contributed by atoms with Gasteiger partial charge in [-0.1, -0.05) is 31.2 Å². The third-order valence-electron chi connectivity index (χ3n) is 3.66. The quantitative estimate of drug-likeness (QED) is 0.758. The molecule has 0 aromatic heterocycles. The molecule has 0 aliphatic heterocycles. The zero-order valence-electron chi connectivity index (χ0n) is 14.3. The van der Waals surface area contributed by atoms with Crippen LogP contribution in [0.1, 0.15) is 24.5 Å². The fourth-order valence-electron chi connectivity index (χ4n) is 2.39. The highest BCUT2D eigenvalue weighted by Gasteiger charge is 2.07. The highest BCUT2D eigenvalue weighted by molar-refractivity contribution is 5.95. The zero-order chi connectivity index (χ0) is 17.5. The first kappa shape index (κ1) is 17.5. The Morgan fingerprint density at radius 2 is 1.42 bits per heavy atom. The van der Waals surface area contributed by atoms with E-state index in [2.05, 4.69) is 16.0 Å². The monoisotopic (exact) mass is 325 g/mol. The van der Waals surface area contributed by atoms with E-state index in [4.69, 9.17) is 0 Å². The minimum Gasteiger partial charge on any atom is -0.376 e. The number of para-hydroxylation sites is 1. The van der Waals surface area contributed by atoms with Gasteiger partial charge in [-0.2, -0.15) is 0 Å². The molecule has 5 nitrogen and oxygen atoms in total. The van der Waals surface area contributed by atoms with Gasteiger partial charge in [0.15, 0.2) is 0 Å². The average molecular weight is 325 g/mol. The smallest absolute Gasteiger partial charge is 0.243 e. The summed E-state index contributed by atoms with van der Waals surface area (Å²) < 4.78 is 0. The van der Waals surface area contributed by atoms with Gasteiger partial charge in [-0.3, -0.25) is 9.59 Å². The molecule has 126 valence electrons. The molecule has 0 bridgehead atoms. The van der Waals surface area contributed by atoms with Crippen molar-refractivity contribution in [3.8, 4) is 0 Å². The summed E-state index contributed by atoms with van der Waals surface area (Å²) in [5, 5.41) is 8.78. The van der Waals surface area contributed by atoms with E-state index in [1.165, 1.54) is 0 Å². The van der Waals surface area contributed by atoms with Crippen LogP contribution in [0.5, 0.6) is 0 Å². The Labute approximate surface area is 142 Å². The number of anilines is 3. The molecule has 0 atom stereocenters. The fourth-order valence-corrected chi connectivity index (χ4v) is 2.39. The first-order valence-electron chi connectivity index (χ1n) is 7.99. The summed E-state index contributed by atoms with van der Waals surface area (Å²) in [6.45, 7) is 5.98. The number of carbonyl (C=O) groups is 2. The van der Waals surface area contributed by atoms with Crippen molar-refractivity contribution in [2.75, 3.05) is 22.5 Å². The lowest BCUT2D eigenvalue weighted by Gasteiger charge is -2.13. The summed E-state index contributed by atoms with van der Waals surface area (Å²) in [7, 11) is 0. The first-order valence-corrected chi connectivity index (χ1v) is 7.99. The van der Waals surface area contributed by atoms with E-state index in [-0.39, 0.29) is 18.4 Å². The normalized spacial score (nSPS) is 10.1. The molecular formula is C19H23N3O2. The van der Waals surface area contributed by atoms with E-state index in [1.54, 1.807) is 31.2 Å². The number of amides is 2. The molecule has 0 heterocycles. The molecule has 0 aliphatic carbocycles. The van der Waals surface area contributed by atoms with Crippen LogP contribution < -0.4 is 16.0 Å². The van der Waals surface area contributed by atoms with E-state index in [0.29, 0.717) is 17.8 Å². The van der Waals surface area contributed by atoms with Crippen LogP contribution in [-0.4, -0.2) is 18.4 Å². The van der Waals surface area contributed by atoms with Crippen molar-refractivity contribution in [2.45, 2.75) is 27.2 Å². The zero-order valence-corrected chi connectivity index (χ0v) is 14.3. The van der Waals surface area contributed by atoms with Gasteiger partial charge in [0, 0.05) is 23.5 Å². The summed E-state index contributed by atoms with van der Waals surface area (Å²) in [5.41, 5.74) is 4.51. The van der Waals surface area contributed by atoms with Gasteiger partial charge in [0.1, 0.15) is 0 Å². The second-order valence-electron chi connectivity index (χ2n) is 5.65. The molecular weight excluding hydrogens is 302 g/mol. The maximum atomic E-state index is 12.1. The van der Waals surface area contributed by atoms with Crippen molar-refractivity contribution in [1.82, 2.24) is 0 Å². The lowest BCUT2D eigenvalue weighted by molar-refractivity contribution is -0.116. The van der Waals surface area contributed by atoms with Crippen molar-refractivity contribution < 1.29 is 9.59 Å². The maximum absolute atomic E-state index is 12.1. The summed E-state index contributed by atoms with van der Waals surface area (Å²) >= 11 is 0. The van der Waals surface area contributed by atoms with Crippen LogP contribution >= 0.6 is 0 Å². The van der Waals surface area contributed by atoms with Gasteiger partial charge in [0.25, 0.3) is 0 Å². The van der Waals surface area contributed by atoms with Crippen LogP contribution in [-0.2, 0) is 9.59 Å². The molecule has 2 rings (SSSR count). The Kier molecular flexibility index (Phi) is 5.95. The minimum absolute atomic E-state index is 0.0600. The van der Waals surface area contributed by atoms with Gasteiger partial charge < -0.3 is 16.0 Å². The molecule has 3 N–H and O–H groups in total. The topological polar surface area (TPSA) is 70.2 Å². The molecule has 2 aromatic rings. The van der Waals surface area contributed by atoms with Gasteiger partial charge in [0.05, 0.1) is 6.54 Å². The maximum Gasteiger partial charge on any atom is 0.243 e. The van der Waals surface area contributed by atoms with Crippen molar-refractivity contribution in [3.05, 3.63) is 53.6 Å². The largest absolute Gasteiger partial charge is 0.376 e. The van der Waals surface area contributed by atoms with Crippen molar-refractivity contribution in [1.29, 1.82) is 0 Å². The molecule has 0 aliphatic rings. The highest BCUT2D eigenvalue weighted by Crippen LogP contribution is 2.19. The van der Waals surface area contributed by atoms with Crippen molar-refractivity contribution in [2.24, 2.45) is 0 Å². The average Bonchev–Trinajstić information content (AvgIpc) is 2.54. The third kappa shape index (κ3) is 4.84. The molecule has 0 saturated heterocycles. The van der Waals surface area contributed by atoms with Crippen LogP contribution in [0.2, 0.25) is 0 Å². The van der Waals surface area contributed by atoms with Gasteiger partial charge in [-0.25, -0.2) is 0 Å². The molecule has 0 spiro atoms. The SMILES string of the molecule is CCC(=O)Nc1cccc(NC(=O)CNc2c(C)cccc2C)c1. The summed E-state index contributed by atoms with van der Waals surface area (Å²) in [4.78, 5) is 23.6. The van der Waals surface area contributed by atoms with E-state index in [0.717, 1.165) is 16.8 Å². The lowest BCUT2D eigenvalue weighted by atomic mass is 10.1. The molecule has 0 saturated carbocycles. The number of hydrogen-bond donors (Lipinski definition) is 3. The van der Waals surface area contributed by atoms with Gasteiger partial charge in [0.2, 0.25) is 11.8 Å². The molecule has 2 aromatic carbocycles. The van der Waals surface area contributed by atoms with E-state index in [1.807, 2.05) is 32.0 Å². The predicted molar refractivity (Wildman–Crippen MR) is 98.4 cm³/mol. The molecule has 0 fully saturated rings. The fraction of sp³-hybridized carbons (Fsp3) is 0.263. The summed E-state index contributed by atoms with van der Waals surface area (Å²) in [6.07, 6.45) is 0.413. The van der Waals surface area contributed by atoms with E-state index < -0.39 is 0 Å². The number of rotatable bonds is 6. The molecule has 24 heavy (non-hydrogen) atoms. The number of carbonyl (C=O) groups excluding carboxylic acids is 2. The number of nitrogens with one attached hydrogen (secondary N) is 3. The number of benzene rings is 2. The minimum atomic E-state index is -0.142. The second-order valence-corrected chi connectivity index (χ2v) is 5.65. The van der Waals surface area contributed by atoms with Crippen LogP contribution in [0.4, 0.5) is 17.1 Å². The third-order valence-corrected chi connectivity index (χ3v) is 3.66. The lowest BCUT2D eigenvalue weighted by Crippen LogP contribution is -2.22. The Hall–Kier alpha value is -2.82. The predicted octanol–water partition coefficient (Wildman–Crippen LogP) is 3.70. The van der Waals surface area contributed by atoms with Gasteiger partial charge >= 0.3 is 0 Å².